The second kappa shape index (κ2) is 7.77. The second-order valence-corrected chi connectivity index (χ2v) is 10.6. The molecule has 0 radical (unpaired) electrons. The van der Waals surface area contributed by atoms with E-state index >= 15 is 0 Å². The fourth-order valence-electron chi connectivity index (χ4n) is 3.14. The highest BCUT2D eigenvalue weighted by Gasteiger charge is 2.36. The lowest BCUT2D eigenvalue weighted by atomic mass is 9.98. The zero-order valence-corrected chi connectivity index (χ0v) is 16.9. The summed E-state index contributed by atoms with van der Waals surface area (Å²) in [7, 11) is -3.24. The number of thiazole rings is 1. The van der Waals surface area contributed by atoms with Gasteiger partial charge in [-0.05, 0) is 32.8 Å². The Labute approximate surface area is 157 Å². The lowest BCUT2D eigenvalue weighted by molar-refractivity contribution is -0.133. The summed E-state index contributed by atoms with van der Waals surface area (Å²) in [5.41, 5.74) is 0.878. The molecule has 2 aliphatic rings. The first-order valence-electron chi connectivity index (χ1n) is 8.46. The van der Waals surface area contributed by atoms with Gasteiger partial charge in [-0.3, -0.25) is 4.79 Å². The number of carbonyl (C=O) groups excluding carboxylic acids is 1. The SMILES string of the molecule is CCS(=O)(=O)N1CCC[C@H](C(=O)N2CCS/C2=C/c2csc(C)n2)C1. The van der Waals surface area contributed by atoms with Crippen LogP contribution in [0.4, 0.5) is 0 Å². The van der Waals surface area contributed by atoms with Crippen molar-refractivity contribution in [3.05, 3.63) is 21.1 Å². The van der Waals surface area contributed by atoms with E-state index in [4.69, 9.17) is 0 Å². The Morgan fingerprint density at radius 2 is 2.24 bits per heavy atom. The van der Waals surface area contributed by atoms with Crippen molar-refractivity contribution >= 4 is 45.1 Å². The number of aryl methyl sites for hydroxylation is 1. The first-order chi connectivity index (χ1) is 11.9. The maximum Gasteiger partial charge on any atom is 0.231 e. The molecule has 0 N–H and O–H groups in total. The molecule has 0 aliphatic carbocycles. The van der Waals surface area contributed by atoms with Crippen molar-refractivity contribution in [1.29, 1.82) is 0 Å². The number of thioether (sulfide) groups is 1. The molecule has 9 heteroatoms. The summed E-state index contributed by atoms with van der Waals surface area (Å²) in [5, 5.41) is 3.91. The van der Waals surface area contributed by atoms with Gasteiger partial charge < -0.3 is 4.90 Å². The van der Waals surface area contributed by atoms with Crippen molar-refractivity contribution < 1.29 is 13.2 Å². The largest absolute Gasteiger partial charge is 0.306 e. The molecule has 2 fully saturated rings. The van der Waals surface area contributed by atoms with E-state index in [9.17, 15) is 13.2 Å². The number of hydrogen-bond acceptors (Lipinski definition) is 6. The molecule has 2 aliphatic heterocycles. The van der Waals surface area contributed by atoms with Gasteiger partial charge in [-0.1, -0.05) is 0 Å². The van der Waals surface area contributed by atoms with Crippen LogP contribution in [0, 0.1) is 12.8 Å². The van der Waals surface area contributed by atoms with Gasteiger partial charge in [0.15, 0.2) is 0 Å². The number of hydrogen-bond donors (Lipinski definition) is 0. The first-order valence-corrected chi connectivity index (χ1v) is 11.9. The third-order valence-electron chi connectivity index (χ3n) is 4.50. The van der Waals surface area contributed by atoms with Crippen molar-refractivity contribution in [2.75, 3.05) is 31.1 Å². The predicted octanol–water partition coefficient (Wildman–Crippen LogP) is 2.39. The first kappa shape index (κ1) is 18.9. The molecule has 1 amide bonds. The molecule has 1 aromatic rings. The third-order valence-corrected chi connectivity index (χ3v) is 8.16. The molecule has 0 saturated carbocycles. The molecule has 6 nitrogen and oxygen atoms in total. The van der Waals surface area contributed by atoms with Gasteiger partial charge >= 0.3 is 0 Å². The monoisotopic (exact) mass is 401 g/mol. The van der Waals surface area contributed by atoms with E-state index in [1.54, 1.807) is 30.0 Å². The Balaban J connectivity index is 1.74. The van der Waals surface area contributed by atoms with Crippen LogP contribution in [0.2, 0.25) is 0 Å². The van der Waals surface area contributed by atoms with Crippen molar-refractivity contribution in [2.45, 2.75) is 26.7 Å². The van der Waals surface area contributed by atoms with Crippen LogP contribution in [-0.4, -0.2) is 59.7 Å². The van der Waals surface area contributed by atoms with Gasteiger partial charge in [-0.15, -0.1) is 23.1 Å². The van der Waals surface area contributed by atoms with Crippen LogP contribution < -0.4 is 0 Å². The minimum Gasteiger partial charge on any atom is -0.306 e. The highest BCUT2D eigenvalue weighted by atomic mass is 32.2. The summed E-state index contributed by atoms with van der Waals surface area (Å²) in [6.07, 6.45) is 3.45. The van der Waals surface area contributed by atoms with Crippen molar-refractivity contribution in [2.24, 2.45) is 5.92 Å². The Hall–Kier alpha value is -0.900. The number of rotatable bonds is 4. The topological polar surface area (TPSA) is 70.6 Å². The average molecular weight is 402 g/mol. The molecule has 0 bridgehead atoms. The van der Waals surface area contributed by atoms with Crippen LogP contribution >= 0.6 is 23.1 Å². The summed E-state index contributed by atoms with van der Waals surface area (Å²) in [6.45, 7) is 5.11. The van der Waals surface area contributed by atoms with Crippen LogP contribution in [0.1, 0.15) is 30.5 Å². The number of sulfonamides is 1. The lowest BCUT2D eigenvalue weighted by Crippen LogP contribution is -2.46. The lowest BCUT2D eigenvalue weighted by Gasteiger charge is -2.33. The van der Waals surface area contributed by atoms with Crippen molar-refractivity contribution in [3.8, 4) is 0 Å². The van der Waals surface area contributed by atoms with E-state index in [1.807, 2.05) is 23.3 Å². The molecule has 25 heavy (non-hydrogen) atoms. The van der Waals surface area contributed by atoms with Gasteiger partial charge in [0.25, 0.3) is 0 Å². The predicted molar refractivity (Wildman–Crippen MR) is 103 cm³/mol. The summed E-state index contributed by atoms with van der Waals surface area (Å²) >= 11 is 3.25. The standard InChI is InChI=1S/C16H23N3O3S3/c1-3-25(21,22)18-6-4-5-13(10-18)16(20)19-7-8-23-15(19)9-14-11-24-12(2)17-14/h9,11,13H,3-8,10H2,1-2H3/b15-9+/t13-/m0/s1. The van der Waals surface area contributed by atoms with Gasteiger partial charge in [0, 0.05) is 30.8 Å². The Bertz CT molecular complexity index is 773. The molecule has 138 valence electrons. The minimum absolute atomic E-state index is 0.0409. The van der Waals surface area contributed by atoms with Crippen LogP contribution in [0.25, 0.3) is 6.08 Å². The van der Waals surface area contributed by atoms with E-state index in [0.717, 1.165) is 34.3 Å². The second-order valence-electron chi connectivity index (χ2n) is 6.21. The van der Waals surface area contributed by atoms with Crippen LogP contribution in [0.5, 0.6) is 0 Å². The molecule has 2 saturated heterocycles. The molecule has 0 unspecified atom stereocenters. The number of carbonyl (C=O) groups is 1. The molecule has 3 rings (SSSR count). The van der Waals surface area contributed by atoms with Gasteiger partial charge in [0.05, 0.1) is 27.4 Å². The average Bonchev–Trinajstić information content (AvgIpc) is 3.23. The summed E-state index contributed by atoms with van der Waals surface area (Å²) in [5.74, 6) is 0.736. The number of aromatic nitrogens is 1. The Morgan fingerprint density at radius 3 is 2.92 bits per heavy atom. The third kappa shape index (κ3) is 4.27. The van der Waals surface area contributed by atoms with Gasteiger partial charge in [0.2, 0.25) is 15.9 Å². The normalized spacial score (nSPS) is 24.2. The quantitative estimate of drug-likeness (QED) is 0.775. The highest BCUT2D eigenvalue weighted by Crippen LogP contribution is 2.33. The van der Waals surface area contributed by atoms with E-state index in [2.05, 4.69) is 4.98 Å². The van der Waals surface area contributed by atoms with Crippen LogP contribution in [0.3, 0.4) is 0 Å². The van der Waals surface area contributed by atoms with Gasteiger partial charge in [0.1, 0.15) is 0 Å². The van der Waals surface area contributed by atoms with E-state index in [0.29, 0.717) is 19.6 Å². The molecule has 1 aromatic heterocycles. The van der Waals surface area contributed by atoms with Crippen LogP contribution in [-0.2, 0) is 14.8 Å². The molecule has 1 atom stereocenters. The summed E-state index contributed by atoms with van der Waals surface area (Å²) < 4.78 is 25.7. The fraction of sp³-hybridized carbons (Fsp3) is 0.625. The fourth-order valence-corrected chi connectivity index (χ4v) is 5.91. The number of piperidine rings is 1. The zero-order valence-electron chi connectivity index (χ0n) is 14.5. The van der Waals surface area contributed by atoms with E-state index in [1.165, 1.54) is 4.31 Å². The number of nitrogens with zero attached hydrogens (tertiary/aromatic N) is 3. The molecule has 3 heterocycles. The minimum atomic E-state index is -3.24. The molecule has 0 aromatic carbocycles. The van der Waals surface area contributed by atoms with Crippen molar-refractivity contribution in [3.63, 3.8) is 0 Å². The highest BCUT2D eigenvalue weighted by molar-refractivity contribution is 8.03. The van der Waals surface area contributed by atoms with Gasteiger partial charge in [-0.25, -0.2) is 17.7 Å². The molecular weight excluding hydrogens is 378 g/mol. The Morgan fingerprint density at radius 1 is 1.44 bits per heavy atom. The smallest absolute Gasteiger partial charge is 0.231 e. The summed E-state index contributed by atoms with van der Waals surface area (Å²) in [6, 6.07) is 0. The molecular formula is C16H23N3O3S3. The van der Waals surface area contributed by atoms with E-state index in [-0.39, 0.29) is 17.6 Å². The molecule has 0 spiro atoms. The maximum absolute atomic E-state index is 13.0. The van der Waals surface area contributed by atoms with E-state index < -0.39 is 10.0 Å². The van der Waals surface area contributed by atoms with Crippen LogP contribution in [0.15, 0.2) is 10.4 Å². The number of amides is 1. The van der Waals surface area contributed by atoms with Gasteiger partial charge in [-0.2, -0.15) is 0 Å². The maximum atomic E-state index is 13.0. The summed E-state index contributed by atoms with van der Waals surface area (Å²) in [4.78, 5) is 19.3. The zero-order chi connectivity index (χ0) is 18.0. The van der Waals surface area contributed by atoms with Crippen molar-refractivity contribution in [1.82, 2.24) is 14.2 Å². The Kier molecular flexibility index (Phi) is 5.87.